The highest BCUT2D eigenvalue weighted by molar-refractivity contribution is 5.84. The molecule has 1 N–H and O–H groups in total. The summed E-state index contributed by atoms with van der Waals surface area (Å²) in [6, 6.07) is 12.4. The van der Waals surface area contributed by atoms with E-state index in [0.717, 1.165) is 24.0 Å². The van der Waals surface area contributed by atoms with Gasteiger partial charge in [0.2, 0.25) is 0 Å². The van der Waals surface area contributed by atoms with Gasteiger partial charge in [-0.1, -0.05) is 31.2 Å². The summed E-state index contributed by atoms with van der Waals surface area (Å²) in [5.41, 5.74) is 1.26. The molecule has 3 nitrogen and oxygen atoms in total. The van der Waals surface area contributed by atoms with Crippen LogP contribution < -0.4 is 4.74 Å². The van der Waals surface area contributed by atoms with Crippen molar-refractivity contribution in [3.63, 3.8) is 0 Å². The first-order valence-electron chi connectivity index (χ1n) is 6.89. The summed E-state index contributed by atoms with van der Waals surface area (Å²) in [4.78, 5) is 10.5. The lowest BCUT2D eigenvalue weighted by atomic mass is 9.93. The molecule has 0 bridgehead atoms. The van der Waals surface area contributed by atoms with Crippen molar-refractivity contribution < 1.29 is 14.6 Å². The number of rotatable bonds is 6. The highest BCUT2D eigenvalue weighted by atomic mass is 16.5. The maximum atomic E-state index is 10.5. The molecule has 2 rings (SSSR count). The van der Waals surface area contributed by atoms with Crippen LogP contribution in [0.3, 0.4) is 0 Å². The molecule has 0 aliphatic heterocycles. The molecule has 0 saturated heterocycles. The molecule has 2 aromatic carbocycles. The van der Waals surface area contributed by atoms with Gasteiger partial charge >= 0.3 is 5.97 Å². The lowest BCUT2D eigenvalue weighted by Gasteiger charge is -2.12. The third-order valence-corrected chi connectivity index (χ3v) is 3.67. The Kier molecular flexibility index (Phi) is 4.61. The highest BCUT2D eigenvalue weighted by Gasteiger charge is 2.08. The van der Waals surface area contributed by atoms with E-state index in [1.165, 1.54) is 10.9 Å². The maximum Gasteiger partial charge on any atom is 0.303 e. The molecule has 2 aromatic rings. The summed E-state index contributed by atoms with van der Waals surface area (Å²) < 4.78 is 5.22. The van der Waals surface area contributed by atoms with Crippen LogP contribution in [0.25, 0.3) is 10.8 Å². The van der Waals surface area contributed by atoms with E-state index in [9.17, 15) is 4.79 Å². The van der Waals surface area contributed by atoms with E-state index in [4.69, 9.17) is 9.84 Å². The zero-order chi connectivity index (χ0) is 14.5. The fourth-order valence-corrected chi connectivity index (χ4v) is 2.40. The van der Waals surface area contributed by atoms with Crippen LogP contribution in [0.2, 0.25) is 0 Å². The summed E-state index contributed by atoms with van der Waals surface area (Å²) in [6.45, 7) is 2.15. The van der Waals surface area contributed by atoms with E-state index in [2.05, 4.69) is 31.2 Å². The molecule has 1 atom stereocenters. The Morgan fingerprint density at radius 2 is 1.90 bits per heavy atom. The fraction of sp³-hybridized carbons (Fsp3) is 0.353. The van der Waals surface area contributed by atoms with Crippen LogP contribution in [-0.4, -0.2) is 18.2 Å². The molecule has 0 aromatic heterocycles. The van der Waals surface area contributed by atoms with E-state index < -0.39 is 5.97 Å². The second-order valence-electron chi connectivity index (χ2n) is 5.16. The third-order valence-electron chi connectivity index (χ3n) is 3.67. The van der Waals surface area contributed by atoms with E-state index in [-0.39, 0.29) is 6.42 Å². The predicted octanol–water partition coefficient (Wildman–Crippen LogP) is 4.21. The van der Waals surface area contributed by atoms with Crippen LogP contribution in [-0.2, 0) is 4.79 Å². The quantitative estimate of drug-likeness (QED) is 0.857. The van der Waals surface area contributed by atoms with Gasteiger partial charge in [0.05, 0.1) is 7.11 Å². The molecule has 0 aliphatic rings. The van der Waals surface area contributed by atoms with Crippen molar-refractivity contribution in [1.29, 1.82) is 0 Å². The van der Waals surface area contributed by atoms with Gasteiger partial charge in [-0.3, -0.25) is 4.79 Å². The van der Waals surface area contributed by atoms with Crippen LogP contribution >= 0.6 is 0 Å². The number of hydrogen-bond acceptors (Lipinski definition) is 2. The second kappa shape index (κ2) is 6.42. The van der Waals surface area contributed by atoms with E-state index in [1.54, 1.807) is 7.11 Å². The van der Waals surface area contributed by atoms with Gasteiger partial charge in [-0.25, -0.2) is 0 Å². The van der Waals surface area contributed by atoms with Gasteiger partial charge < -0.3 is 9.84 Å². The zero-order valence-corrected chi connectivity index (χ0v) is 11.9. The number of carbonyl (C=O) groups is 1. The topological polar surface area (TPSA) is 46.5 Å². The monoisotopic (exact) mass is 272 g/mol. The summed E-state index contributed by atoms with van der Waals surface area (Å²) in [5, 5.41) is 11.0. The number of carboxylic acids is 1. The fourth-order valence-electron chi connectivity index (χ4n) is 2.40. The minimum Gasteiger partial charge on any atom is -0.497 e. The Balaban J connectivity index is 2.12. The third kappa shape index (κ3) is 3.50. The first-order valence-corrected chi connectivity index (χ1v) is 6.89. The zero-order valence-electron chi connectivity index (χ0n) is 11.9. The van der Waals surface area contributed by atoms with Gasteiger partial charge in [-0.05, 0) is 47.2 Å². The molecular weight excluding hydrogens is 252 g/mol. The van der Waals surface area contributed by atoms with Crippen LogP contribution in [0.1, 0.15) is 37.7 Å². The van der Waals surface area contributed by atoms with Crippen molar-refractivity contribution in [3.05, 3.63) is 42.0 Å². The summed E-state index contributed by atoms with van der Waals surface area (Å²) >= 11 is 0. The van der Waals surface area contributed by atoms with E-state index in [0.29, 0.717) is 5.92 Å². The second-order valence-corrected chi connectivity index (χ2v) is 5.16. The number of methoxy groups -OCH3 is 1. The molecule has 0 saturated carbocycles. The largest absolute Gasteiger partial charge is 0.497 e. The Bertz CT molecular complexity index is 604. The molecule has 0 heterocycles. The molecule has 20 heavy (non-hydrogen) atoms. The molecule has 106 valence electrons. The maximum absolute atomic E-state index is 10.5. The number of carboxylic acid groups (broad SMARTS) is 1. The van der Waals surface area contributed by atoms with Crippen molar-refractivity contribution in [2.75, 3.05) is 7.11 Å². The van der Waals surface area contributed by atoms with Gasteiger partial charge in [0.15, 0.2) is 0 Å². The van der Waals surface area contributed by atoms with Gasteiger partial charge in [0, 0.05) is 6.42 Å². The van der Waals surface area contributed by atoms with Crippen molar-refractivity contribution in [2.45, 2.75) is 32.1 Å². The Morgan fingerprint density at radius 1 is 1.20 bits per heavy atom. The lowest BCUT2D eigenvalue weighted by Crippen LogP contribution is -1.98. The lowest BCUT2D eigenvalue weighted by molar-refractivity contribution is -0.137. The standard InChI is InChI=1S/C17H20O3/c1-12(4-3-5-17(18)19)13-6-7-15-11-16(20-2)9-8-14(15)10-13/h6-12H,3-5H2,1-2H3,(H,18,19). The minimum atomic E-state index is -0.720. The van der Waals surface area contributed by atoms with Crippen molar-refractivity contribution in [2.24, 2.45) is 0 Å². The number of ether oxygens (including phenoxy) is 1. The average molecular weight is 272 g/mol. The summed E-state index contributed by atoms with van der Waals surface area (Å²) in [5.74, 6) is 0.517. The van der Waals surface area contributed by atoms with Crippen LogP contribution in [0.15, 0.2) is 36.4 Å². The first-order chi connectivity index (χ1) is 9.60. The molecule has 0 aliphatic carbocycles. The van der Waals surface area contributed by atoms with Gasteiger partial charge in [0.1, 0.15) is 5.75 Å². The molecule has 0 amide bonds. The Labute approximate surface area is 119 Å². The van der Waals surface area contributed by atoms with Gasteiger partial charge in [0.25, 0.3) is 0 Å². The van der Waals surface area contributed by atoms with Crippen molar-refractivity contribution in [3.8, 4) is 5.75 Å². The number of benzene rings is 2. The van der Waals surface area contributed by atoms with E-state index in [1.807, 2.05) is 12.1 Å². The summed E-state index contributed by atoms with van der Waals surface area (Å²) in [6.07, 6.45) is 1.86. The number of hydrogen-bond donors (Lipinski definition) is 1. The Morgan fingerprint density at radius 3 is 2.60 bits per heavy atom. The number of fused-ring (bicyclic) bond motifs is 1. The predicted molar refractivity (Wildman–Crippen MR) is 80.4 cm³/mol. The van der Waals surface area contributed by atoms with Crippen molar-refractivity contribution >= 4 is 16.7 Å². The summed E-state index contributed by atoms with van der Waals surface area (Å²) in [7, 11) is 1.67. The first kappa shape index (κ1) is 14.4. The minimum absolute atomic E-state index is 0.245. The highest BCUT2D eigenvalue weighted by Crippen LogP contribution is 2.27. The van der Waals surface area contributed by atoms with Crippen LogP contribution in [0.4, 0.5) is 0 Å². The molecule has 1 unspecified atom stereocenters. The number of aliphatic carboxylic acids is 1. The molecule has 3 heteroatoms. The smallest absolute Gasteiger partial charge is 0.303 e. The molecule has 0 spiro atoms. The molecule has 0 fully saturated rings. The van der Waals surface area contributed by atoms with Crippen LogP contribution in [0.5, 0.6) is 5.75 Å². The molecular formula is C17H20O3. The molecule has 0 radical (unpaired) electrons. The Hall–Kier alpha value is -2.03. The SMILES string of the molecule is COc1ccc2cc(C(C)CCCC(=O)O)ccc2c1. The van der Waals surface area contributed by atoms with Gasteiger partial charge in [-0.15, -0.1) is 0 Å². The van der Waals surface area contributed by atoms with Crippen molar-refractivity contribution in [1.82, 2.24) is 0 Å². The normalized spacial score (nSPS) is 12.3. The van der Waals surface area contributed by atoms with Crippen LogP contribution in [0, 0.1) is 0 Å². The van der Waals surface area contributed by atoms with E-state index >= 15 is 0 Å². The van der Waals surface area contributed by atoms with Gasteiger partial charge in [-0.2, -0.15) is 0 Å². The average Bonchev–Trinajstić information content (AvgIpc) is 2.45.